The number of benzene rings is 2. The lowest BCUT2D eigenvalue weighted by molar-refractivity contribution is -0.120. The van der Waals surface area contributed by atoms with E-state index >= 15 is 0 Å². The fraction of sp³-hybridized carbons (Fsp3) is 0.316. The summed E-state index contributed by atoms with van der Waals surface area (Å²) in [6, 6.07) is 18.2. The molecule has 2 heteroatoms. The second-order valence-corrected chi connectivity index (χ2v) is 6.46. The minimum Gasteiger partial charge on any atom is -0.299 e. The molecule has 2 atom stereocenters. The molecule has 2 aromatic rings. The Kier molecular flexibility index (Phi) is 5.75. The number of hydrogen-bond acceptors (Lipinski definition) is 1. The van der Waals surface area contributed by atoms with Crippen LogP contribution in [0.15, 0.2) is 59.1 Å². The first-order chi connectivity index (χ1) is 10.1. The first kappa shape index (κ1) is 16.0. The molecule has 0 aliphatic rings. The Morgan fingerprint density at radius 1 is 1.10 bits per heavy atom. The quantitative estimate of drug-likeness (QED) is 0.686. The first-order valence-corrected chi connectivity index (χ1v) is 8.23. The Morgan fingerprint density at radius 2 is 1.81 bits per heavy atom. The van der Waals surface area contributed by atoms with Gasteiger partial charge in [0.1, 0.15) is 5.78 Å². The normalized spacial score (nSPS) is 13.7. The van der Waals surface area contributed by atoms with E-state index in [4.69, 9.17) is 0 Å². The van der Waals surface area contributed by atoms with Crippen molar-refractivity contribution in [2.24, 2.45) is 5.92 Å². The van der Waals surface area contributed by atoms with Crippen LogP contribution < -0.4 is 0 Å². The predicted octanol–water partition coefficient (Wildman–Crippen LogP) is 5.39. The van der Waals surface area contributed by atoms with Crippen molar-refractivity contribution in [3.8, 4) is 0 Å². The minimum absolute atomic E-state index is 0.0184. The topological polar surface area (TPSA) is 17.1 Å². The first-order valence-electron chi connectivity index (χ1n) is 7.44. The van der Waals surface area contributed by atoms with Crippen molar-refractivity contribution in [2.45, 2.75) is 32.6 Å². The third-order valence-electron chi connectivity index (χ3n) is 3.99. The van der Waals surface area contributed by atoms with Gasteiger partial charge in [-0.05, 0) is 29.2 Å². The summed E-state index contributed by atoms with van der Waals surface area (Å²) < 4.78 is 1.02. The Hall–Kier alpha value is -1.41. The van der Waals surface area contributed by atoms with Gasteiger partial charge in [0.2, 0.25) is 0 Å². The molecule has 2 unspecified atom stereocenters. The van der Waals surface area contributed by atoms with E-state index in [1.807, 2.05) is 42.5 Å². The number of carbonyl (C=O) groups is 1. The number of Topliss-reactive ketones (excluding diaryl/α,β-unsaturated/α-hetero) is 1. The highest BCUT2D eigenvalue weighted by molar-refractivity contribution is 9.10. The lowest BCUT2D eigenvalue weighted by Gasteiger charge is -2.22. The van der Waals surface area contributed by atoms with Gasteiger partial charge in [-0.25, -0.2) is 0 Å². The highest BCUT2D eigenvalue weighted by atomic mass is 79.9. The molecule has 0 radical (unpaired) electrons. The Balaban J connectivity index is 2.23. The largest absolute Gasteiger partial charge is 0.299 e. The van der Waals surface area contributed by atoms with Crippen LogP contribution in [0.4, 0.5) is 0 Å². The van der Waals surface area contributed by atoms with Gasteiger partial charge < -0.3 is 0 Å². The third-order valence-corrected chi connectivity index (χ3v) is 4.48. The monoisotopic (exact) mass is 344 g/mol. The molecule has 0 spiro atoms. The average molecular weight is 345 g/mol. The average Bonchev–Trinajstić information content (AvgIpc) is 2.48. The number of ketones is 1. The van der Waals surface area contributed by atoms with Gasteiger partial charge in [-0.2, -0.15) is 0 Å². The Morgan fingerprint density at radius 3 is 2.43 bits per heavy atom. The fourth-order valence-electron chi connectivity index (χ4n) is 2.69. The van der Waals surface area contributed by atoms with Crippen molar-refractivity contribution in [3.05, 3.63) is 70.2 Å². The highest BCUT2D eigenvalue weighted by Gasteiger charge is 2.25. The summed E-state index contributed by atoms with van der Waals surface area (Å²) in [6.45, 7) is 4.31. The number of rotatable bonds is 6. The molecule has 0 amide bonds. The molecular formula is C19H21BrO. The van der Waals surface area contributed by atoms with Gasteiger partial charge in [-0.15, -0.1) is 0 Å². The van der Waals surface area contributed by atoms with Gasteiger partial charge in [0, 0.05) is 16.8 Å². The zero-order valence-corrected chi connectivity index (χ0v) is 14.1. The second kappa shape index (κ2) is 7.56. The zero-order valence-electron chi connectivity index (χ0n) is 12.6. The Bertz CT molecular complexity index is 592. The molecule has 0 aliphatic heterocycles. The van der Waals surface area contributed by atoms with Gasteiger partial charge in [0.15, 0.2) is 0 Å². The summed E-state index contributed by atoms with van der Waals surface area (Å²) in [5.74, 6) is 0.635. The van der Waals surface area contributed by atoms with Gasteiger partial charge >= 0.3 is 0 Å². The summed E-state index contributed by atoms with van der Waals surface area (Å²) in [5, 5.41) is 0. The molecule has 1 nitrogen and oxygen atoms in total. The molecule has 2 aromatic carbocycles. The van der Waals surface area contributed by atoms with E-state index in [0.29, 0.717) is 18.1 Å². The maximum Gasteiger partial charge on any atom is 0.144 e. The number of carbonyl (C=O) groups excluding carboxylic acids is 1. The van der Waals surface area contributed by atoms with Crippen LogP contribution in [0.25, 0.3) is 0 Å². The summed E-state index contributed by atoms with van der Waals surface area (Å²) in [6.07, 6.45) is 1.49. The Labute approximate surface area is 135 Å². The fourth-order valence-corrected chi connectivity index (χ4v) is 3.13. The molecule has 0 saturated carbocycles. The smallest absolute Gasteiger partial charge is 0.144 e. The van der Waals surface area contributed by atoms with Crippen LogP contribution in [0.3, 0.4) is 0 Å². The van der Waals surface area contributed by atoms with Gasteiger partial charge in [0.05, 0.1) is 0 Å². The molecule has 0 saturated heterocycles. The van der Waals surface area contributed by atoms with Crippen LogP contribution in [0, 0.1) is 5.92 Å². The van der Waals surface area contributed by atoms with Crippen LogP contribution >= 0.6 is 15.9 Å². The van der Waals surface area contributed by atoms with E-state index in [1.165, 1.54) is 0 Å². The van der Waals surface area contributed by atoms with Crippen LogP contribution in [-0.4, -0.2) is 5.78 Å². The van der Waals surface area contributed by atoms with E-state index in [2.05, 4.69) is 41.9 Å². The van der Waals surface area contributed by atoms with Gasteiger partial charge in [-0.3, -0.25) is 4.79 Å². The van der Waals surface area contributed by atoms with E-state index in [0.717, 1.165) is 22.0 Å². The third kappa shape index (κ3) is 4.28. The lowest BCUT2D eigenvalue weighted by atomic mass is 9.80. The standard InChI is InChI=1S/C19H21BrO/c1-3-14(2)19(16-9-5-4-6-10-16)18(21)13-15-8-7-11-17(20)12-15/h4-12,14,19H,3,13H2,1-2H3. The molecule has 2 rings (SSSR count). The maximum absolute atomic E-state index is 12.8. The molecule has 110 valence electrons. The van der Waals surface area contributed by atoms with Crippen molar-refractivity contribution < 1.29 is 4.79 Å². The molecular weight excluding hydrogens is 324 g/mol. The van der Waals surface area contributed by atoms with E-state index in [-0.39, 0.29) is 5.92 Å². The maximum atomic E-state index is 12.8. The van der Waals surface area contributed by atoms with Gasteiger partial charge in [0.25, 0.3) is 0 Å². The van der Waals surface area contributed by atoms with Crippen LogP contribution in [0.5, 0.6) is 0 Å². The van der Waals surface area contributed by atoms with Crippen molar-refractivity contribution in [2.75, 3.05) is 0 Å². The predicted molar refractivity (Wildman–Crippen MR) is 91.5 cm³/mol. The highest BCUT2D eigenvalue weighted by Crippen LogP contribution is 2.29. The van der Waals surface area contributed by atoms with Crippen molar-refractivity contribution in [3.63, 3.8) is 0 Å². The van der Waals surface area contributed by atoms with Crippen LogP contribution in [-0.2, 0) is 11.2 Å². The van der Waals surface area contributed by atoms with Crippen LogP contribution in [0.1, 0.15) is 37.3 Å². The SMILES string of the molecule is CCC(C)C(C(=O)Cc1cccc(Br)c1)c1ccccc1. The van der Waals surface area contributed by atoms with Crippen molar-refractivity contribution in [1.29, 1.82) is 0 Å². The molecule has 0 heterocycles. The van der Waals surface area contributed by atoms with Gasteiger partial charge in [-0.1, -0.05) is 78.7 Å². The summed E-state index contributed by atoms with van der Waals surface area (Å²) in [7, 11) is 0. The summed E-state index contributed by atoms with van der Waals surface area (Å²) in [4.78, 5) is 12.8. The molecule has 0 aromatic heterocycles. The molecule has 0 fully saturated rings. The molecule has 0 bridgehead atoms. The number of halogens is 1. The summed E-state index contributed by atoms with van der Waals surface area (Å²) in [5.41, 5.74) is 2.20. The van der Waals surface area contributed by atoms with Crippen LogP contribution in [0.2, 0.25) is 0 Å². The van der Waals surface area contributed by atoms with E-state index < -0.39 is 0 Å². The van der Waals surface area contributed by atoms with Crippen molar-refractivity contribution in [1.82, 2.24) is 0 Å². The van der Waals surface area contributed by atoms with E-state index in [9.17, 15) is 4.79 Å². The minimum atomic E-state index is -0.0184. The zero-order chi connectivity index (χ0) is 15.2. The molecule has 21 heavy (non-hydrogen) atoms. The number of hydrogen-bond donors (Lipinski definition) is 0. The van der Waals surface area contributed by atoms with E-state index in [1.54, 1.807) is 0 Å². The second-order valence-electron chi connectivity index (χ2n) is 5.55. The lowest BCUT2D eigenvalue weighted by Crippen LogP contribution is -2.21. The van der Waals surface area contributed by atoms with Crippen molar-refractivity contribution >= 4 is 21.7 Å². The summed E-state index contributed by atoms with van der Waals surface area (Å²) >= 11 is 3.47. The molecule has 0 aliphatic carbocycles. The molecule has 0 N–H and O–H groups in total.